The highest BCUT2D eigenvalue weighted by molar-refractivity contribution is 6.33. The van der Waals surface area contributed by atoms with Gasteiger partial charge in [-0.3, -0.25) is 14.9 Å². The SMILES string of the molecule is COCCOCOc1ccc(C(Oc2cccc3c2C(=O)NC3=O)C(=O)OC(c2ccccc2)c2ccccc2)c(Cl)c1OCOCCOC. The molecule has 50 heavy (non-hydrogen) atoms. The van der Waals surface area contributed by atoms with E-state index >= 15 is 0 Å². The first-order valence-electron chi connectivity index (χ1n) is 15.6. The van der Waals surface area contributed by atoms with Crippen molar-refractivity contribution in [2.75, 3.05) is 54.2 Å². The van der Waals surface area contributed by atoms with Crippen LogP contribution >= 0.6 is 11.6 Å². The third-order valence-corrected chi connectivity index (χ3v) is 7.83. The second-order valence-corrected chi connectivity index (χ2v) is 11.1. The quantitative estimate of drug-likeness (QED) is 0.0559. The number of carbonyl (C=O) groups excluding carboxylic acids is 3. The van der Waals surface area contributed by atoms with Crippen LogP contribution in [0.1, 0.15) is 49.6 Å². The van der Waals surface area contributed by atoms with Crippen molar-refractivity contribution in [1.29, 1.82) is 0 Å². The monoisotopic (exact) mass is 705 g/mol. The predicted molar refractivity (Wildman–Crippen MR) is 181 cm³/mol. The molecule has 4 aromatic rings. The zero-order valence-corrected chi connectivity index (χ0v) is 28.2. The van der Waals surface area contributed by atoms with Crippen LogP contribution in [0.25, 0.3) is 0 Å². The minimum Gasteiger partial charge on any atom is -0.473 e. The Bertz CT molecular complexity index is 1710. The molecule has 0 aliphatic carbocycles. The molecule has 0 radical (unpaired) electrons. The Morgan fingerprint density at radius 3 is 1.94 bits per heavy atom. The van der Waals surface area contributed by atoms with E-state index in [1.165, 1.54) is 24.3 Å². The molecule has 1 N–H and O–H groups in total. The van der Waals surface area contributed by atoms with E-state index in [-0.39, 0.29) is 65.8 Å². The van der Waals surface area contributed by atoms with Crippen LogP contribution in [0.15, 0.2) is 91.0 Å². The van der Waals surface area contributed by atoms with Crippen molar-refractivity contribution >= 4 is 29.4 Å². The highest BCUT2D eigenvalue weighted by Crippen LogP contribution is 2.43. The van der Waals surface area contributed by atoms with E-state index in [4.69, 9.17) is 49.5 Å². The number of esters is 1. The maximum absolute atomic E-state index is 14.4. The molecule has 1 aliphatic heterocycles. The highest BCUT2D eigenvalue weighted by Gasteiger charge is 2.36. The smallest absolute Gasteiger partial charge is 0.353 e. The molecule has 0 fully saturated rings. The van der Waals surface area contributed by atoms with Gasteiger partial charge in [-0.1, -0.05) is 78.3 Å². The summed E-state index contributed by atoms with van der Waals surface area (Å²) >= 11 is 6.99. The van der Waals surface area contributed by atoms with Gasteiger partial charge < -0.3 is 37.9 Å². The Balaban J connectivity index is 1.55. The molecule has 0 saturated carbocycles. The highest BCUT2D eigenvalue weighted by atomic mass is 35.5. The number of methoxy groups -OCH3 is 2. The van der Waals surface area contributed by atoms with Crippen molar-refractivity contribution in [3.8, 4) is 17.2 Å². The Hall–Kier alpha value is -4.98. The topological polar surface area (TPSA) is 137 Å². The molecule has 1 heterocycles. The number of carbonyl (C=O) groups is 3. The molecular weight excluding hydrogens is 670 g/mol. The molecule has 262 valence electrons. The molecule has 5 rings (SSSR count). The summed E-state index contributed by atoms with van der Waals surface area (Å²) in [5.74, 6) is -1.90. The average Bonchev–Trinajstić information content (AvgIpc) is 3.44. The zero-order valence-electron chi connectivity index (χ0n) is 27.4. The van der Waals surface area contributed by atoms with Crippen molar-refractivity contribution in [3.05, 3.63) is 124 Å². The van der Waals surface area contributed by atoms with Gasteiger partial charge in [0, 0.05) is 19.8 Å². The first-order chi connectivity index (χ1) is 24.4. The molecule has 2 amide bonds. The number of rotatable bonds is 19. The van der Waals surface area contributed by atoms with Gasteiger partial charge >= 0.3 is 5.97 Å². The fourth-order valence-electron chi connectivity index (χ4n) is 5.03. The fourth-order valence-corrected chi connectivity index (χ4v) is 5.34. The molecule has 13 heteroatoms. The Morgan fingerprint density at radius 1 is 0.700 bits per heavy atom. The molecule has 1 aliphatic rings. The van der Waals surface area contributed by atoms with E-state index in [0.717, 1.165) is 0 Å². The number of imide groups is 1. The molecule has 0 bridgehead atoms. The van der Waals surface area contributed by atoms with Gasteiger partial charge in [-0.2, -0.15) is 0 Å². The summed E-state index contributed by atoms with van der Waals surface area (Å²) in [6.45, 7) is 0.820. The zero-order chi connectivity index (χ0) is 35.3. The van der Waals surface area contributed by atoms with E-state index in [0.29, 0.717) is 24.3 Å². The first-order valence-corrected chi connectivity index (χ1v) is 16.0. The van der Waals surface area contributed by atoms with E-state index < -0.39 is 30.0 Å². The minimum absolute atomic E-state index is 0.0229. The standard InChI is InChI=1S/C37H36ClNO11/c1-43-18-20-45-22-47-29-17-16-27(31(38)34(29)48-23-46-21-19-44-2)33(49-28-15-9-14-26-30(28)36(41)39-35(26)40)37(42)50-32(24-10-5-3-6-11-24)25-12-7-4-8-13-25/h3-17,32-33H,18-23H2,1-2H3,(H,39,40,41). The van der Waals surface area contributed by atoms with Crippen LogP contribution in [0.4, 0.5) is 0 Å². The maximum atomic E-state index is 14.4. The molecule has 1 unspecified atom stereocenters. The van der Waals surface area contributed by atoms with Crippen molar-refractivity contribution < 1.29 is 52.3 Å². The number of benzene rings is 4. The van der Waals surface area contributed by atoms with Gasteiger partial charge in [0.25, 0.3) is 11.8 Å². The van der Waals surface area contributed by atoms with Crippen molar-refractivity contribution in [2.45, 2.75) is 12.2 Å². The fraction of sp³-hybridized carbons (Fsp3) is 0.270. The lowest BCUT2D eigenvalue weighted by molar-refractivity contribution is -0.156. The largest absolute Gasteiger partial charge is 0.473 e. The van der Waals surface area contributed by atoms with Gasteiger partial charge in [-0.05, 0) is 35.4 Å². The number of nitrogens with one attached hydrogen (secondary N) is 1. The van der Waals surface area contributed by atoms with Crippen molar-refractivity contribution in [2.24, 2.45) is 0 Å². The first kappa shape index (κ1) is 36.3. The van der Waals surface area contributed by atoms with Crippen LogP contribution < -0.4 is 19.5 Å². The molecule has 0 spiro atoms. The molecular formula is C37H36ClNO11. The second-order valence-electron chi connectivity index (χ2n) is 10.7. The van der Waals surface area contributed by atoms with Crippen LogP contribution in [-0.2, 0) is 28.5 Å². The summed E-state index contributed by atoms with van der Waals surface area (Å²) in [6.07, 6.45) is -2.39. The van der Waals surface area contributed by atoms with Gasteiger partial charge in [-0.25, -0.2) is 4.79 Å². The van der Waals surface area contributed by atoms with Gasteiger partial charge in [-0.15, -0.1) is 0 Å². The summed E-state index contributed by atoms with van der Waals surface area (Å²) in [6, 6.07) is 26.0. The van der Waals surface area contributed by atoms with E-state index in [1.54, 1.807) is 20.3 Å². The molecule has 4 aromatic carbocycles. The molecule has 1 atom stereocenters. The Kier molecular flexibility index (Phi) is 13.2. The number of amides is 2. The van der Waals surface area contributed by atoms with Gasteiger partial charge in [0.2, 0.25) is 6.10 Å². The summed E-state index contributed by atoms with van der Waals surface area (Å²) in [7, 11) is 3.10. The molecule has 12 nitrogen and oxygen atoms in total. The lowest BCUT2D eigenvalue weighted by Gasteiger charge is -2.25. The predicted octanol–water partition coefficient (Wildman–Crippen LogP) is 5.68. The normalized spacial score (nSPS) is 12.7. The summed E-state index contributed by atoms with van der Waals surface area (Å²) in [4.78, 5) is 39.7. The number of ether oxygens (including phenoxy) is 8. The Labute approximate surface area is 294 Å². The van der Waals surface area contributed by atoms with Crippen LogP contribution in [-0.4, -0.2) is 72.0 Å². The second kappa shape index (κ2) is 18.1. The summed E-state index contributed by atoms with van der Waals surface area (Å²) < 4.78 is 45.2. The van der Waals surface area contributed by atoms with Crippen molar-refractivity contribution in [3.63, 3.8) is 0 Å². The summed E-state index contributed by atoms with van der Waals surface area (Å²) in [5, 5.41) is 2.20. The number of hydrogen-bond donors (Lipinski definition) is 1. The number of fused-ring (bicyclic) bond motifs is 1. The van der Waals surface area contributed by atoms with Gasteiger partial charge in [0.15, 0.2) is 31.2 Å². The van der Waals surface area contributed by atoms with E-state index in [1.807, 2.05) is 60.7 Å². The summed E-state index contributed by atoms with van der Waals surface area (Å²) in [5.41, 5.74) is 1.61. The molecule has 0 saturated heterocycles. The maximum Gasteiger partial charge on any atom is 0.353 e. The van der Waals surface area contributed by atoms with Crippen LogP contribution in [0.3, 0.4) is 0 Å². The lowest BCUT2D eigenvalue weighted by atomic mass is 10.0. The van der Waals surface area contributed by atoms with E-state index in [9.17, 15) is 14.4 Å². The lowest BCUT2D eigenvalue weighted by Crippen LogP contribution is -2.25. The Morgan fingerprint density at radius 2 is 1.32 bits per heavy atom. The minimum atomic E-state index is -1.56. The van der Waals surface area contributed by atoms with Crippen molar-refractivity contribution in [1.82, 2.24) is 5.32 Å². The number of halogens is 1. The third kappa shape index (κ3) is 8.97. The van der Waals surface area contributed by atoms with Gasteiger partial charge in [0.05, 0.1) is 42.6 Å². The molecule has 0 aromatic heterocycles. The van der Waals surface area contributed by atoms with Crippen LogP contribution in [0.2, 0.25) is 5.02 Å². The van der Waals surface area contributed by atoms with Gasteiger partial charge in [0.1, 0.15) is 5.75 Å². The van der Waals surface area contributed by atoms with E-state index in [2.05, 4.69) is 5.32 Å². The number of hydrogen-bond acceptors (Lipinski definition) is 11. The van der Waals surface area contributed by atoms with Crippen LogP contribution in [0, 0.1) is 0 Å². The van der Waals surface area contributed by atoms with Crippen LogP contribution in [0.5, 0.6) is 17.2 Å². The average molecular weight is 706 g/mol. The third-order valence-electron chi connectivity index (χ3n) is 7.44.